The van der Waals surface area contributed by atoms with E-state index in [0.717, 1.165) is 21.5 Å². The molecule has 1 atom stereocenters. The van der Waals surface area contributed by atoms with Gasteiger partial charge in [-0.3, -0.25) is 9.59 Å². The van der Waals surface area contributed by atoms with Crippen LogP contribution in [0.5, 0.6) is 5.75 Å². The van der Waals surface area contributed by atoms with Crippen LogP contribution >= 0.6 is 0 Å². The molecule has 1 aliphatic heterocycles. The Hall–Kier alpha value is -3.88. The molecule has 0 aliphatic carbocycles. The molecule has 1 fully saturated rings. The van der Waals surface area contributed by atoms with Crippen LogP contribution in [0.3, 0.4) is 0 Å². The van der Waals surface area contributed by atoms with E-state index in [2.05, 4.69) is 20.6 Å². The molecule has 0 radical (unpaired) electrons. The zero-order valence-corrected chi connectivity index (χ0v) is 16.6. The minimum atomic E-state index is -0.919. The summed E-state index contributed by atoms with van der Waals surface area (Å²) in [6.07, 6.45) is -0.156. The van der Waals surface area contributed by atoms with Crippen molar-refractivity contribution in [2.75, 3.05) is 12.0 Å². The lowest BCUT2D eigenvalue weighted by molar-refractivity contribution is -0.125. The van der Waals surface area contributed by atoms with Crippen molar-refractivity contribution in [1.29, 1.82) is 0 Å². The number of benzene rings is 2. The molecule has 0 spiro atoms. The van der Waals surface area contributed by atoms with E-state index < -0.39 is 18.0 Å². The number of aryl methyl sites for hydroxylation is 1. The molecule has 154 valence electrons. The van der Waals surface area contributed by atoms with Crippen molar-refractivity contribution in [3.8, 4) is 5.75 Å². The highest BCUT2D eigenvalue weighted by molar-refractivity contribution is 6.22. The summed E-state index contributed by atoms with van der Waals surface area (Å²) in [6.45, 7) is 2.19. The van der Waals surface area contributed by atoms with Gasteiger partial charge < -0.3 is 20.4 Å². The average molecular weight is 407 g/mol. The standard InChI is InChI=1S/C21H21N5O4/c1-12-3-8-15-16(9-12)24-18(23-15)11-22-19(27)10-17-20(28)26(21(29)25-17)13-4-6-14(30-2)7-5-13/h3-9,17H,10-11H2,1-2H3,(H,22,27)(H,23,24)(H,25,29)/t17-/m0/s1. The Kier molecular flexibility index (Phi) is 5.09. The summed E-state index contributed by atoms with van der Waals surface area (Å²) in [4.78, 5) is 45.8. The number of urea groups is 1. The summed E-state index contributed by atoms with van der Waals surface area (Å²) in [5.74, 6) is 0.398. The molecule has 4 rings (SSSR count). The molecular formula is C21H21N5O4. The maximum Gasteiger partial charge on any atom is 0.329 e. The Bertz CT molecular complexity index is 1120. The van der Waals surface area contributed by atoms with Gasteiger partial charge in [-0.15, -0.1) is 0 Å². The lowest BCUT2D eigenvalue weighted by Gasteiger charge is -2.13. The molecule has 1 saturated heterocycles. The van der Waals surface area contributed by atoms with Gasteiger partial charge in [0, 0.05) is 0 Å². The zero-order valence-electron chi connectivity index (χ0n) is 16.6. The number of H-pyrrole nitrogens is 1. The van der Waals surface area contributed by atoms with E-state index in [0.29, 0.717) is 17.3 Å². The lowest BCUT2D eigenvalue weighted by Crippen LogP contribution is -2.36. The Balaban J connectivity index is 1.36. The first-order chi connectivity index (χ1) is 14.4. The number of hydrogen-bond donors (Lipinski definition) is 3. The molecule has 0 bridgehead atoms. The molecule has 3 aromatic rings. The van der Waals surface area contributed by atoms with Gasteiger partial charge in [0.25, 0.3) is 5.91 Å². The van der Waals surface area contributed by atoms with E-state index in [9.17, 15) is 14.4 Å². The quantitative estimate of drug-likeness (QED) is 0.541. The number of carbonyl (C=O) groups is 3. The number of amides is 4. The summed E-state index contributed by atoms with van der Waals surface area (Å²) >= 11 is 0. The minimum absolute atomic E-state index is 0.156. The second kappa shape index (κ2) is 7.86. The number of carbonyl (C=O) groups excluding carboxylic acids is 3. The molecule has 9 nitrogen and oxygen atoms in total. The summed E-state index contributed by atoms with van der Waals surface area (Å²) in [7, 11) is 1.53. The molecule has 1 aliphatic rings. The van der Waals surface area contributed by atoms with Crippen LogP contribution in [0, 0.1) is 6.92 Å². The zero-order chi connectivity index (χ0) is 21.3. The number of imide groups is 1. The van der Waals surface area contributed by atoms with Gasteiger partial charge in [-0.1, -0.05) is 6.07 Å². The molecule has 4 amide bonds. The SMILES string of the molecule is COc1ccc(N2C(=O)N[C@@H](CC(=O)NCc3nc4ccc(C)cc4[nH]3)C2=O)cc1. The Morgan fingerprint density at radius 1 is 1.20 bits per heavy atom. The van der Waals surface area contributed by atoms with Crippen LogP contribution in [0.15, 0.2) is 42.5 Å². The Morgan fingerprint density at radius 3 is 2.70 bits per heavy atom. The van der Waals surface area contributed by atoms with Gasteiger partial charge in [0.1, 0.15) is 17.6 Å². The van der Waals surface area contributed by atoms with Crippen molar-refractivity contribution < 1.29 is 19.1 Å². The molecule has 30 heavy (non-hydrogen) atoms. The minimum Gasteiger partial charge on any atom is -0.497 e. The highest BCUT2D eigenvalue weighted by Crippen LogP contribution is 2.23. The van der Waals surface area contributed by atoms with Crippen LogP contribution in [-0.2, 0) is 16.1 Å². The van der Waals surface area contributed by atoms with E-state index in [4.69, 9.17) is 4.74 Å². The van der Waals surface area contributed by atoms with Crippen LogP contribution in [0.25, 0.3) is 11.0 Å². The number of methoxy groups -OCH3 is 1. The van der Waals surface area contributed by atoms with E-state index >= 15 is 0 Å². The molecule has 0 saturated carbocycles. The second-order valence-corrected chi connectivity index (χ2v) is 7.06. The molecule has 3 N–H and O–H groups in total. The number of aromatic nitrogens is 2. The van der Waals surface area contributed by atoms with Gasteiger partial charge in [0.05, 0.1) is 36.8 Å². The Morgan fingerprint density at radius 2 is 1.97 bits per heavy atom. The van der Waals surface area contributed by atoms with Crippen molar-refractivity contribution in [3.63, 3.8) is 0 Å². The van der Waals surface area contributed by atoms with E-state index in [1.807, 2.05) is 25.1 Å². The first kappa shape index (κ1) is 19.4. The van der Waals surface area contributed by atoms with Crippen molar-refractivity contribution in [2.24, 2.45) is 0 Å². The second-order valence-electron chi connectivity index (χ2n) is 7.06. The Labute approximate surface area is 172 Å². The molecule has 1 aromatic heterocycles. The highest BCUT2D eigenvalue weighted by atomic mass is 16.5. The summed E-state index contributed by atoms with van der Waals surface area (Å²) < 4.78 is 5.08. The highest BCUT2D eigenvalue weighted by Gasteiger charge is 2.40. The fraction of sp³-hybridized carbons (Fsp3) is 0.238. The number of ether oxygens (including phenoxy) is 1. The monoisotopic (exact) mass is 407 g/mol. The van der Waals surface area contributed by atoms with Gasteiger partial charge in [0.2, 0.25) is 5.91 Å². The topological polar surface area (TPSA) is 116 Å². The van der Waals surface area contributed by atoms with Gasteiger partial charge >= 0.3 is 6.03 Å². The largest absolute Gasteiger partial charge is 0.497 e. The maximum atomic E-state index is 12.6. The van der Waals surface area contributed by atoms with Crippen molar-refractivity contribution in [3.05, 3.63) is 53.9 Å². The molecule has 0 unspecified atom stereocenters. The number of hydrogen-bond acceptors (Lipinski definition) is 5. The third-order valence-electron chi connectivity index (χ3n) is 4.88. The maximum absolute atomic E-state index is 12.6. The van der Waals surface area contributed by atoms with Gasteiger partial charge in [-0.25, -0.2) is 14.7 Å². The number of imidazole rings is 1. The third-order valence-corrected chi connectivity index (χ3v) is 4.88. The van der Waals surface area contributed by atoms with Crippen LogP contribution < -0.4 is 20.3 Å². The molecule has 9 heteroatoms. The number of fused-ring (bicyclic) bond motifs is 1. The predicted molar refractivity (Wildman–Crippen MR) is 110 cm³/mol. The molecule has 2 aromatic carbocycles. The van der Waals surface area contributed by atoms with E-state index in [-0.39, 0.29) is 18.9 Å². The number of rotatable bonds is 6. The van der Waals surface area contributed by atoms with Gasteiger partial charge in [0.15, 0.2) is 0 Å². The van der Waals surface area contributed by atoms with Crippen molar-refractivity contribution >= 4 is 34.6 Å². The van der Waals surface area contributed by atoms with Crippen LogP contribution in [0.2, 0.25) is 0 Å². The smallest absolute Gasteiger partial charge is 0.329 e. The molecular weight excluding hydrogens is 386 g/mol. The summed E-state index contributed by atoms with van der Waals surface area (Å²) in [5.41, 5.74) is 3.24. The lowest BCUT2D eigenvalue weighted by atomic mass is 10.2. The van der Waals surface area contributed by atoms with Crippen LogP contribution in [0.1, 0.15) is 17.8 Å². The normalized spacial score (nSPS) is 16.1. The summed E-state index contributed by atoms with van der Waals surface area (Å²) in [5, 5.41) is 5.29. The van der Waals surface area contributed by atoms with Gasteiger partial charge in [-0.05, 0) is 48.9 Å². The van der Waals surface area contributed by atoms with Crippen LogP contribution in [0.4, 0.5) is 10.5 Å². The number of nitrogens with zero attached hydrogens (tertiary/aromatic N) is 2. The number of aromatic amines is 1. The van der Waals surface area contributed by atoms with E-state index in [1.54, 1.807) is 24.3 Å². The fourth-order valence-corrected chi connectivity index (χ4v) is 3.35. The van der Waals surface area contributed by atoms with Crippen LogP contribution in [-0.4, -0.2) is 41.0 Å². The first-order valence-corrected chi connectivity index (χ1v) is 9.45. The van der Waals surface area contributed by atoms with Gasteiger partial charge in [-0.2, -0.15) is 0 Å². The average Bonchev–Trinajstić information content (AvgIpc) is 3.26. The first-order valence-electron chi connectivity index (χ1n) is 9.45. The molecule has 2 heterocycles. The number of nitrogens with one attached hydrogen (secondary N) is 3. The van der Waals surface area contributed by atoms with E-state index in [1.165, 1.54) is 7.11 Å². The fourth-order valence-electron chi connectivity index (χ4n) is 3.35. The van der Waals surface area contributed by atoms with Crippen molar-refractivity contribution in [2.45, 2.75) is 25.9 Å². The third kappa shape index (κ3) is 3.82. The number of anilines is 1. The summed E-state index contributed by atoms with van der Waals surface area (Å²) in [6, 6.07) is 10.9. The van der Waals surface area contributed by atoms with Crippen molar-refractivity contribution in [1.82, 2.24) is 20.6 Å². The predicted octanol–water partition coefficient (Wildman–Crippen LogP) is 2.01.